The predicted octanol–water partition coefficient (Wildman–Crippen LogP) is 1.70. The Bertz CT molecular complexity index is 593. The SMILES string of the molecule is C[C@@H]1CN(C(=O)CCc2nc3ccccc3[nH]2)C[C@H](C)N1. The molecule has 5 heteroatoms. The second-order valence-corrected chi connectivity index (χ2v) is 5.97. The smallest absolute Gasteiger partial charge is 0.223 e. The number of fused-ring (bicyclic) bond motifs is 1. The molecule has 1 amide bonds. The Hall–Kier alpha value is -1.88. The molecule has 1 fully saturated rings. The van der Waals surface area contributed by atoms with Crippen molar-refractivity contribution in [3.63, 3.8) is 0 Å². The number of amides is 1. The highest BCUT2D eigenvalue weighted by Crippen LogP contribution is 2.12. The summed E-state index contributed by atoms with van der Waals surface area (Å²) in [5, 5.41) is 3.44. The highest BCUT2D eigenvalue weighted by atomic mass is 16.2. The van der Waals surface area contributed by atoms with Crippen molar-refractivity contribution >= 4 is 16.9 Å². The fourth-order valence-corrected chi connectivity index (χ4v) is 3.04. The summed E-state index contributed by atoms with van der Waals surface area (Å²) >= 11 is 0. The first kappa shape index (κ1) is 14.1. The average Bonchev–Trinajstić information content (AvgIpc) is 2.86. The Balaban J connectivity index is 1.60. The molecule has 1 aromatic carbocycles. The van der Waals surface area contributed by atoms with E-state index in [1.807, 2.05) is 29.2 Å². The third-order valence-corrected chi connectivity index (χ3v) is 3.92. The standard InChI is InChI=1S/C16H22N4O/c1-11-9-20(10-12(2)17-11)16(21)8-7-15-18-13-5-3-4-6-14(13)19-15/h3-6,11-12,17H,7-10H2,1-2H3,(H,18,19)/t11-,12+. The normalized spacial score (nSPS) is 22.7. The molecule has 2 atom stereocenters. The lowest BCUT2D eigenvalue weighted by atomic mass is 10.1. The zero-order chi connectivity index (χ0) is 14.8. The molecule has 2 aromatic rings. The summed E-state index contributed by atoms with van der Waals surface area (Å²) in [7, 11) is 0. The fourth-order valence-electron chi connectivity index (χ4n) is 3.04. The van der Waals surface area contributed by atoms with Crippen LogP contribution in [0.1, 0.15) is 26.1 Å². The van der Waals surface area contributed by atoms with Gasteiger partial charge in [-0.2, -0.15) is 0 Å². The van der Waals surface area contributed by atoms with Gasteiger partial charge in [0.05, 0.1) is 11.0 Å². The minimum Gasteiger partial charge on any atom is -0.342 e. The van der Waals surface area contributed by atoms with Crippen molar-refractivity contribution in [3.05, 3.63) is 30.1 Å². The summed E-state index contributed by atoms with van der Waals surface area (Å²) in [6, 6.07) is 8.68. The molecule has 21 heavy (non-hydrogen) atoms. The number of aromatic amines is 1. The maximum Gasteiger partial charge on any atom is 0.223 e. The van der Waals surface area contributed by atoms with Crippen LogP contribution in [0.3, 0.4) is 0 Å². The van der Waals surface area contributed by atoms with E-state index >= 15 is 0 Å². The average molecular weight is 286 g/mol. The molecule has 0 spiro atoms. The highest BCUT2D eigenvalue weighted by molar-refractivity contribution is 5.77. The van der Waals surface area contributed by atoms with Gasteiger partial charge >= 0.3 is 0 Å². The maximum atomic E-state index is 12.3. The van der Waals surface area contributed by atoms with Gasteiger partial charge in [0, 0.05) is 38.0 Å². The first-order chi connectivity index (χ1) is 10.1. The maximum absolute atomic E-state index is 12.3. The number of carbonyl (C=O) groups is 1. The number of carbonyl (C=O) groups excluding carboxylic acids is 1. The van der Waals surface area contributed by atoms with Gasteiger partial charge in [0.1, 0.15) is 5.82 Å². The van der Waals surface area contributed by atoms with Crippen LogP contribution in [0.2, 0.25) is 0 Å². The van der Waals surface area contributed by atoms with Crippen molar-refractivity contribution in [3.8, 4) is 0 Å². The molecule has 0 aliphatic carbocycles. The number of aryl methyl sites for hydroxylation is 1. The molecule has 3 rings (SSSR count). The molecular formula is C16H22N4O. The first-order valence-electron chi connectivity index (χ1n) is 7.59. The molecular weight excluding hydrogens is 264 g/mol. The number of nitrogens with one attached hydrogen (secondary N) is 2. The van der Waals surface area contributed by atoms with E-state index in [1.54, 1.807) is 0 Å². The second-order valence-electron chi connectivity index (χ2n) is 5.97. The van der Waals surface area contributed by atoms with Crippen molar-refractivity contribution in [2.45, 2.75) is 38.8 Å². The lowest BCUT2D eigenvalue weighted by Gasteiger charge is -2.36. The lowest BCUT2D eigenvalue weighted by Crippen LogP contribution is -2.55. The summed E-state index contributed by atoms with van der Waals surface area (Å²) in [6.45, 7) is 5.83. The molecule has 5 nitrogen and oxygen atoms in total. The number of rotatable bonds is 3. The molecule has 1 aliphatic heterocycles. The third kappa shape index (κ3) is 3.24. The van der Waals surface area contributed by atoms with Gasteiger partial charge in [-0.3, -0.25) is 4.79 Å². The van der Waals surface area contributed by atoms with Crippen LogP contribution in [-0.2, 0) is 11.2 Å². The fraction of sp³-hybridized carbons (Fsp3) is 0.500. The van der Waals surface area contributed by atoms with Gasteiger partial charge in [-0.05, 0) is 26.0 Å². The minimum atomic E-state index is 0.218. The molecule has 2 N–H and O–H groups in total. The monoisotopic (exact) mass is 286 g/mol. The molecule has 1 aliphatic rings. The van der Waals surface area contributed by atoms with E-state index < -0.39 is 0 Å². The van der Waals surface area contributed by atoms with Gasteiger partial charge in [-0.25, -0.2) is 4.98 Å². The topological polar surface area (TPSA) is 61.0 Å². The minimum absolute atomic E-state index is 0.218. The number of para-hydroxylation sites is 2. The summed E-state index contributed by atoms with van der Waals surface area (Å²) in [5.74, 6) is 1.11. The van der Waals surface area contributed by atoms with E-state index in [0.717, 1.165) is 29.9 Å². The number of benzene rings is 1. The molecule has 0 bridgehead atoms. The Labute approximate surface area is 124 Å². The number of hydrogen-bond donors (Lipinski definition) is 2. The summed E-state index contributed by atoms with van der Waals surface area (Å²) in [6.07, 6.45) is 1.18. The quantitative estimate of drug-likeness (QED) is 0.903. The van der Waals surface area contributed by atoms with Crippen molar-refractivity contribution in [1.82, 2.24) is 20.2 Å². The first-order valence-corrected chi connectivity index (χ1v) is 7.59. The zero-order valence-electron chi connectivity index (χ0n) is 12.6. The second kappa shape index (κ2) is 5.85. The Morgan fingerprint density at radius 1 is 1.29 bits per heavy atom. The summed E-state index contributed by atoms with van der Waals surface area (Å²) < 4.78 is 0. The summed E-state index contributed by atoms with van der Waals surface area (Å²) in [4.78, 5) is 22.1. The van der Waals surface area contributed by atoms with E-state index in [9.17, 15) is 4.79 Å². The largest absolute Gasteiger partial charge is 0.342 e. The van der Waals surface area contributed by atoms with Crippen molar-refractivity contribution in [2.24, 2.45) is 0 Å². The lowest BCUT2D eigenvalue weighted by molar-refractivity contribution is -0.132. The van der Waals surface area contributed by atoms with E-state index in [0.29, 0.717) is 24.9 Å². The van der Waals surface area contributed by atoms with Gasteiger partial charge in [0.15, 0.2) is 0 Å². The Morgan fingerprint density at radius 2 is 2.00 bits per heavy atom. The van der Waals surface area contributed by atoms with E-state index in [1.165, 1.54) is 0 Å². The van der Waals surface area contributed by atoms with Crippen LogP contribution < -0.4 is 5.32 Å². The van der Waals surface area contributed by atoms with Crippen molar-refractivity contribution in [2.75, 3.05) is 13.1 Å². The van der Waals surface area contributed by atoms with Crippen molar-refractivity contribution in [1.29, 1.82) is 0 Å². The molecule has 2 heterocycles. The molecule has 0 unspecified atom stereocenters. The number of H-pyrrole nitrogens is 1. The van der Waals surface area contributed by atoms with Gasteiger partial charge in [0.25, 0.3) is 0 Å². The van der Waals surface area contributed by atoms with Crippen LogP contribution >= 0.6 is 0 Å². The van der Waals surface area contributed by atoms with Gasteiger partial charge in [-0.15, -0.1) is 0 Å². The van der Waals surface area contributed by atoms with Crippen LogP contribution in [0.25, 0.3) is 11.0 Å². The molecule has 0 radical (unpaired) electrons. The number of nitrogens with zero attached hydrogens (tertiary/aromatic N) is 2. The molecule has 1 saturated heterocycles. The van der Waals surface area contributed by atoms with Crippen molar-refractivity contribution < 1.29 is 4.79 Å². The Morgan fingerprint density at radius 3 is 2.71 bits per heavy atom. The third-order valence-electron chi connectivity index (χ3n) is 3.92. The van der Waals surface area contributed by atoms with Gasteiger partial charge in [-0.1, -0.05) is 12.1 Å². The van der Waals surface area contributed by atoms with Crippen LogP contribution in [0.15, 0.2) is 24.3 Å². The number of hydrogen-bond acceptors (Lipinski definition) is 3. The molecule has 1 aromatic heterocycles. The highest BCUT2D eigenvalue weighted by Gasteiger charge is 2.24. The number of piperazine rings is 1. The van der Waals surface area contributed by atoms with Crippen LogP contribution in [0.5, 0.6) is 0 Å². The van der Waals surface area contributed by atoms with E-state index in [4.69, 9.17) is 0 Å². The van der Waals surface area contributed by atoms with Crippen LogP contribution in [0, 0.1) is 0 Å². The van der Waals surface area contributed by atoms with E-state index in [2.05, 4.69) is 29.1 Å². The predicted molar refractivity (Wildman–Crippen MR) is 83.1 cm³/mol. The molecule has 0 saturated carbocycles. The number of imidazole rings is 1. The van der Waals surface area contributed by atoms with Gasteiger partial charge < -0.3 is 15.2 Å². The Kier molecular flexibility index (Phi) is 3.92. The zero-order valence-corrected chi connectivity index (χ0v) is 12.6. The number of aromatic nitrogens is 2. The van der Waals surface area contributed by atoms with E-state index in [-0.39, 0.29) is 5.91 Å². The van der Waals surface area contributed by atoms with Crippen LogP contribution in [0.4, 0.5) is 0 Å². The molecule has 112 valence electrons. The van der Waals surface area contributed by atoms with Crippen LogP contribution in [-0.4, -0.2) is 45.9 Å². The summed E-state index contributed by atoms with van der Waals surface area (Å²) in [5.41, 5.74) is 1.99. The van der Waals surface area contributed by atoms with Gasteiger partial charge in [0.2, 0.25) is 5.91 Å².